The Morgan fingerprint density at radius 2 is 2.25 bits per heavy atom. The molecule has 0 bridgehead atoms. The van der Waals surface area contributed by atoms with Crippen molar-refractivity contribution in [2.45, 2.75) is 44.4 Å². The Balaban J connectivity index is 2.09. The summed E-state index contributed by atoms with van der Waals surface area (Å²) >= 11 is 0. The van der Waals surface area contributed by atoms with Gasteiger partial charge in [0.25, 0.3) is 0 Å². The summed E-state index contributed by atoms with van der Waals surface area (Å²) in [5, 5.41) is 12.3. The average molecular weight is 173 g/mol. The van der Waals surface area contributed by atoms with Crippen LogP contribution in [-0.2, 0) is 4.74 Å². The van der Waals surface area contributed by atoms with Gasteiger partial charge in [-0.15, -0.1) is 0 Å². The van der Waals surface area contributed by atoms with Gasteiger partial charge in [0, 0.05) is 19.2 Å². The Morgan fingerprint density at radius 1 is 1.58 bits per heavy atom. The number of hydrogen-bond donors (Lipinski definition) is 2. The predicted molar refractivity (Wildman–Crippen MR) is 48.1 cm³/mol. The van der Waals surface area contributed by atoms with Gasteiger partial charge in [-0.1, -0.05) is 6.92 Å². The monoisotopic (exact) mass is 173 g/mol. The molecule has 72 valence electrons. The van der Waals surface area contributed by atoms with E-state index >= 15 is 0 Å². The second kappa shape index (κ2) is 4.80. The van der Waals surface area contributed by atoms with Gasteiger partial charge in [0.2, 0.25) is 0 Å². The molecule has 2 N–H and O–H groups in total. The zero-order chi connectivity index (χ0) is 8.97. The molecule has 3 heteroatoms. The Bertz CT molecular complexity index is 120. The minimum absolute atomic E-state index is 0.241. The standard InChI is InChI=1S/C9H19NO2/c1-3-7(6-11)10-8-4-9(5-8)12-2/h7-11H,3-6H2,1-2H3/t7-,8?,9?/m0/s1. The summed E-state index contributed by atoms with van der Waals surface area (Å²) in [5.41, 5.74) is 0. The van der Waals surface area contributed by atoms with Crippen LogP contribution in [-0.4, -0.2) is 37.0 Å². The van der Waals surface area contributed by atoms with E-state index in [1.807, 2.05) is 0 Å². The van der Waals surface area contributed by atoms with E-state index in [1.54, 1.807) is 7.11 Å². The van der Waals surface area contributed by atoms with Crippen LogP contribution in [0, 0.1) is 0 Å². The molecule has 0 saturated heterocycles. The third-order valence-electron chi connectivity index (χ3n) is 2.61. The van der Waals surface area contributed by atoms with E-state index in [9.17, 15) is 0 Å². The van der Waals surface area contributed by atoms with Crippen molar-refractivity contribution < 1.29 is 9.84 Å². The number of methoxy groups -OCH3 is 1. The van der Waals surface area contributed by atoms with Crippen molar-refractivity contribution in [3.05, 3.63) is 0 Å². The fraction of sp³-hybridized carbons (Fsp3) is 1.00. The molecule has 0 heterocycles. The molecule has 0 amide bonds. The van der Waals surface area contributed by atoms with E-state index in [-0.39, 0.29) is 12.6 Å². The lowest BCUT2D eigenvalue weighted by Crippen LogP contribution is -2.50. The number of aliphatic hydroxyl groups is 1. The van der Waals surface area contributed by atoms with Gasteiger partial charge in [-0.05, 0) is 19.3 Å². The summed E-state index contributed by atoms with van der Waals surface area (Å²) in [6.07, 6.45) is 3.61. The second-order valence-corrected chi connectivity index (χ2v) is 3.48. The van der Waals surface area contributed by atoms with Crippen molar-refractivity contribution in [3.63, 3.8) is 0 Å². The summed E-state index contributed by atoms with van der Waals surface area (Å²) in [6.45, 7) is 2.32. The van der Waals surface area contributed by atoms with Gasteiger partial charge < -0.3 is 15.2 Å². The maximum atomic E-state index is 8.92. The first-order valence-electron chi connectivity index (χ1n) is 4.69. The molecule has 1 aliphatic rings. The number of nitrogens with one attached hydrogen (secondary N) is 1. The van der Waals surface area contributed by atoms with Crippen molar-refractivity contribution in [2.75, 3.05) is 13.7 Å². The maximum Gasteiger partial charge on any atom is 0.0601 e. The topological polar surface area (TPSA) is 41.5 Å². The van der Waals surface area contributed by atoms with Gasteiger partial charge in [0.1, 0.15) is 0 Å². The van der Waals surface area contributed by atoms with Crippen LogP contribution in [0.3, 0.4) is 0 Å². The second-order valence-electron chi connectivity index (χ2n) is 3.48. The molecule has 0 aromatic carbocycles. The molecule has 1 fully saturated rings. The molecule has 0 radical (unpaired) electrons. The summed E-state index contributed by atoms with van der Waals surface area (Å²) in [6, 6.07) is 0.833. The first-order valence-corrected chi connectivity index (χ1v) is 4.69. The predicted octanol–water partition coefficient (Wildman–Crippen LogP) is 0.524. The molecule has 0 aromatic rings. The lowest BCUT2D eigenvalue weighted by Gasteiger charge is -2.36. The summed E-state index contributed by atoms with van der Waals surface area (Å²) in [4.78, 5) is 0. The number of rotatable bonds is 5. The first kappa shape index (κ1) is 9.96. The highest BCUT2D eigenvalue weighted by Gasteiger charge is 2.29. The van der Waals surface area contributed by atoms with Gasteiger partial charge in [-0.3, -0.25) is 0 Å². The van der Waals surface area contributed by atoms with Crippen molar-refractivity contribution in [2.24, 2.45) is 0 Å². The maximum absolute atomic E-state index is 8.92. The number of hydrogen-bond acceptors (Lipinski definition) is 3. The van der Waals surface area contributed by atoms with E-state index in [0.29, 0.717) is 12.1 Å². The third-order valence-corrected chi connectivity index (χ3v) is 2.61. The Hall–Kier alpha value is -0.120. The number of aliphatic hydroxyl groups excluding tert-OH is 1. The van der Waals surface area contributed by atoms with Crippen LogP contribution in [0.2, 0.25) is 0 Å². The zero-order valence-electron chi connectivity index (χ0n) is 7.92. The van der Waals surface area contributed by atoms with E-state index < -0.39 is 0 Å². The van der Waals surface area contributed by atoms with Crippen LogP contribution < -0.4 is 5.32 Å². The van der Waals surface area contributed by atoms with Gasteiger partial charge in [0.15, 0.2) is 0 Å². The molecule has 1 atom stereocenters. The quantitative estimate of drug-likeness (QED) is 0.637. The van der Waals surface area contributed by atoms with E-state index in [0.717, 1.165) is 19.3 Å². The highest BCUT2D eigenvalue weighted by atomic mass is 16.5. The Morgan fingerprint density at radius 3 is 2.67 bits per heavy atom. The van der Waals surface area contributed by atoms with E-state index in [2.05, 4.69) is 12.2 Å². The molecule has 0 spiro atoms. The van der Waals surface area contributed by atoms with Crippen LogP contribution in [0.1, 0.15) is 26.2 Å². The molecule has 0 aromatic heterocycles. The van der Waals surface area contributed by atoms with Crippen LogP contribution in [0.15, 0.2) is 0 Å². The largest absolute Gasteiger partial charge is 0.395 e. The normalized spacial score (nSPS) is 31.2. The average Bonchev–Trinajstić information content (AvgIpc) is 2.03. The molecular formula is C9H19NO2. The molecule has 0 aliphatic heterocycles. The molecule has 1 saturated carbocycles. The molecule has 12 heavy (non-hydrogen) atoms. The first-order chi connectivity index (χ1) is 5.80. The smallest absolute Gasteiger partial charge is 0.0601 e. The Labute approximate surface area is 74.1 Å². The van der Waals surface area contributed by atoms with Gasteiger partial charge in [-0.2, -0.15) is 0 Å². The highest BCUT2D eigenvalue weighted by Crippen LogP contribution is 2.22. The highest BCUT2D eigenvalue weighted by molar-refractivity contribution is 4.87. The lowest BCUT2D eigenvalue weighted by molar-refractivity contribution is 0.0116. The summed E-state index contributed by atoms with van der Waals surface area (Å²) in [5.74, 6) is 0. The minimum atomic E-state index is 0.241. The molecule has 1 rings (SSSR count). The molecule has 0 unspecified atom stereocenters. The van der Waals surface area contributed by atoms with Gasteiger partial charge >= 0.3 is 0 Å². The van der Waals surface area contributed by atoms with Crippen LogP contribution in [0.25, 0.3) is 0 Å². The van der Waals surface area contributed by atoms with E-state index in [4.69, 9.17) is 9.84 Å². The zero-order valence-corrected chi connectivity index (χ0v) is 7.92. The SMILES string of the molecule is CC[C@@H](CO)NC1CC(OC)C1. The molecule has 3 nitrogen and oxygen atoms in total. The van der Waals surface area contributed by atoms with Crippen molar-refractivity contribution >= 4 is 0 Å². The van der Waals surface area contributed by atoms with E-state index in [1.165, 1.54) is 0 Å². The number of ether oxygens (including phenoxy) is 1. The van der Waals surface area contributed by atoms with Crippen LogP contribution >= 0.6 is 0 Å². The van der Waals surface area contributed by atoms with Gasteiger partial charge in [0.05, 0.1) is 12.7 Å². The fourth-order valence-electron chi connectivity index (χ4n) is 1.53. The molecular weight excluding hydrogens is 154 g/mol. The minimum Gasteiger partial charge on any atom is -0.395 e. The van der Waals surface area contributed by atoms with Gasteiger partial charge in [-0.25, -0.2) is 0 Å². The fourth-order valence-corrected chi connectivity index (χ4v) is 1.53. The Kier molecular flexibility index (Phi) is 3.98. The summed E-state index contributed by atoms with van der Waals surface area (Å²) < 4.78 is 5.16. The van der Waals surface area contributed by atoms with Crippen molar-refractivity contribution in [1.29, 1.82) is 0 Å². The van der Waals surface area contributed by atoms with Crippen LogP contribution in [0.5, 0.6) is 0 Å². The lowest BCUT2D eigenvalue weighted by atomic mass is 9.88. The molecule has 1 aliphatic carbocycles. The summed E-state index contributed by atoms with van der Waals surface area (Å²) in [7, 11) is 1.75. The van der Waals surface area contributed by atoms with Crippen molar-refractivity contribution in [1.82, 2.24) is 5.32 Å². The third kappa shape index (κ3) is 2.44. The van der Waals surface area contributed by atoms with Crippen molar-refractivity contribution in [3.8, 4) is 0 Å². The van der Waals surface area contributed by atoms with Crippen LogP contribution in [0.4, 0.5) is 0 Å².